The number of nitrogens with one attached hydrogen (secondary N) is 1. The lowest BCUT2D eigenvalue weighted by molar-refractivity contribution is 0.106. The van der Waals surface area contributed by atoms with E-state index < -0.39 is 66.7 Å². The van der Waals surface area contributed by atoms with Crippen LogP contribution in [0.3, 0.4) is 0 Å². The Labute approximate surface area is 362 Å². The van der Waals surface area contributed by atoms with E-state index in [0.29, 0.717) is 5.39 Å². The highest BCUT2D eigenvalue weighted by Crippen LogP contribution is 2.40. The summed E-state index contributed by atoms with van der Waals surface area (Å²) in [7, 11) is -19.1. The lowest BCUT2D eigenvalue weighted by Gasteiger charge is -2.17. The van der Waals surface area contributed by atoms with Gasteiger partial charge in [0.05, 0.1) is 38.2 Å². The van der Waals surface area contributed by atoms with Gasteiger partial charge in [-0.25, -0.2) is 0 Å². The number of hydrogen-bond donors (Lipinski definition) is 6. The fourth-order valence-corrected chi connectivity index (χ4v) is 9.21. The summed E-state index contributed by atoms with van der Waals surface area (Å²) in [6.45, 7) is 0. The van der Waals surface area contributed by atoms with Crippen LogP contribution in [0.5, 0.6) is 0 Å². The second-order valence-electron chi connectivity index (χ2n) is 13.8. The number of nitrogen functional groups attached to an aromatic ring is 1. The molecule has 7 N–H and O–H groups in total. The van der Waals surface area contributed by atoms with Crippen molar-refractivity contribution in [2.75, 3.05) is 11.2 Å². The van der Waals surface area contributed by atoms with E-state index in [1.807, 2.05) is 0 Å². The molecular weight excluding hydrogens is 915 g/mol. The van der Waals surface area contributed by atoms with Crippen molar-refractivity contribution in [1.82, 2.24) is 0 Å². The Bertz CT molecular complexity index is 3800. The van der Waals surface area contributed by atoms with Crippen molar-refractivity contribution in [1.29, 1.82) is 0 Å². The molecule has 8 rings (SSSR count). The zero-order valence-corrected chi connectivity index (χ0v) is 35.2. The first-order chi connectivity index (χ1) is 30.1. The predicted octanol–water partition coefficient (Wildman–Crippen LogP) is 8.19. The van der Waals surface area contributed by atoms with Crippen LogP contribution in [0.25, 0.3) is 38.4 Å². The number of azo groups is 2. The predicted molar refractivity (Wildman–Crippen MR) is 235 cm³/mol. The zero-order valence-electron chi connectivity index (χ0n) is 32.0. The average Bonchev–Trinajstić information content (AvgIpc) is 3.22. The van der Waals surface area contributed by atoms with E-state index in [1.54, 1.807) is 18.2 Å². The van der Waals surface area contributed by atoms with Crippen molar-refractivity contribution in [3.05, 3.63) is 131 Å². The minimum Gasteiger partial charge on any atom is -0.399 e. The van der Waals surface area contributed by atoms with E-state index in [9.17, 15) is 56.7 Å². The van der Waals surface area contributed by atoms with E-state index >= 15 is 0 Å². The molecule has 7 aromatic rings. The van der Waals surface area contributed by atoms with Gasteiger partial charge in [0, 0.05) is 43.6 Å². The van der Waals surface area contributed by atoms with Crippen LogP contribution >= 0.6 is 0 Å². The Morgan fingerprint density at radius 2 is 0.984 bits per heavy atom. The van der Waals surface area contributed by atoms with Gasteiger partial charge in [-0.1, -0.05) is 36.4 Å². The number of nitrogens with two attached hydrogens (primary N) is 1. The highest BCUT2D eigenvalue weighted by Gasteiger charge is 2.33. The number of hydrazone groups is 1. The summed E-state index contributed by atoms with van der Waals surface area (Å²) in [6, 6.07) is 25.3. The third-order valence-electron chi connectivity index (χ3n) is 9.79. The van der Waals surface area contributed by atoms with Gasteiger partial charge in [0.2, 0.25) is 5.78 Å². The lowest BCUT2D eigenvalue weighted by atomic mass is 9.94. The molecule has 1 aliphatic rings. The summed E-state index contributed by atoms with van der Waals surface area (Å²) in [4.78, 5) is 11.2. The second-order valence-corrected chi connectivity index (χ2v) is 19.5. The lowest BCUT2D eigenvalue weighted by Crippen LogP contribution is -2.27. The van der Waals surface area contributed by atoms with Crippen LogP contribution < -0.4 is 11.2 Å². The summed E-state index contributed by atoms with van der Waals surface area (Å²) < 4.78 is 137. The molecule has 1 aliphatic carbocycles. The molecule has 0 amide bonds. The highest BCUT2D eigenvalue weighted by atomic mass is 32.2. The second kappa shape index (κ2) is 15.9. The van der Waals surface area contributed by atoms with Crippen LogP contribution in [0.2, 0.25) is 0 Å². The number of hydrogen-bond acceptors (Lipinski definition) is 16. The van der Waals surface area contributed by atoms with Crippen LogP contribution in [0, 0.1) is 0 Å². The quantitative estimate of drug-likeness (QED) is 0.0326. The van der Waals surface area contributed by atoms with Crippen molar-refractivity contribution in [3.8, 4) is 0 Å². The summed E-state index contributed by atoms with van der Waals surface area (Å²) in [5, 5.41) is 22.3. The molecule has 0 atom stereocenters. The van der Waals surface area contributed by atoms with E-state index in [1.165, 1.54) is 66.7 Å². The van der Waals surface area contributed by atoms with Crippen LogP contribution in [0.1, 0.15) is 15.9 Å². The normalized spacial score (nSPS) is 14.5. The standard InChI is InChI=1S/C40H27N7O13S4/c41-22-5-8-25-21(17-22)18-38(64(58,59)60)39(40(25)48)47-46-33-12-14-36(31-20-24(62(52,53)54)7-10-28(31)33)44-42-32-11-13-35(30-19-23(61(49,50)51)6-9-27(30)32)45-43-34-15-16-37(63(55,56)57)29-4-2-1-3-26(29)34/h1-20,46H,41H2,(H,49,50,51)(H,52,53,54)(H,55,56,57)(H,58,59,60)/b44-42?,45-43?,47-39-. The molecule has 0 saturated heterocycles. The molecule has 0 radical (unpaired) electrons. The van der Waals surface area contributed by atoms with Gasteiger partial charge in [-0.2, -0.15) is 38.8 Å². The maximum absolute atomic E-state index is 13.4. The third-order valence-corrected chi connectivity index (χ3v) is 13.3. The highest BCUT2D eigenvalue weighted by molar-refractivity contribution is 7.91. The molecule has 0 aliphatic heterocycles. The zero-order chi connectivity index (χ0) is 45.9. The van der Waals surface area contributed by atoms with Gasteiger partial charge in [-0.15, -0.1) is 20.5 Å². The first kappa shape index (κ1) is 43.5. The SMILES string of the molecule is Nc1ccc2c(c1)C=C(S(=O)(=O)O)/C(=N/Nc1ccc(N=Nc3ccc(N=Nc4ccc(S(=O)(=O)O)c5ccccc45)c4cc(S(=O)(=O)O)ccc34)c3cc(S(=O)(=O)O)ccc13)C2=O. The van der Waals surface area contributed by atoms with Gasteiger partial charge in [0.15, 0.2) is 5.71 Å². The Hall–Kier alpha value is -7.16. The molecule has 0 fully saturated rings. The van der Waals surface area contributed by atoms with Crippen molar-refractivity contribution in [2.24, 2.45) is 25.6 Å². The minimum atomic E-state index is -5.00. The number of allylic oxidation sites excluding steroid dienone is 1. The molecule has 24 heteroatoms. The fraction of sp³-hybridized carbons (Fsp3) is 0. The molecule has 7 aromatic carbocycles. The van der Waals surface area contributed by atoms with Crippen molar-refractivity contribution >= 4 is 124 Å². The van der Waals surface area contributed by atoms with Gasteiger partial charge in [-0.3, -0.25) is 28.4 Å². The van der Waals surface area contributed by atoms with Crippen molar-refractivity contribution in [3.63, 3.8) is 0 Å². The summed E-state index contributed by atoms with van der Waals surface area (Å²) in [5.41, 5.74) is 8.54. The van der Waals surface area contributed by atoms with Crippen LogP contribution in [-0.2, 0) is 40.5 Å². The Balaban J connectivity index is 1.21. The number of benzene rings is 7. The Morgan fingerprint density at radius 3 is 1.55 bits per heavy atom. The number of anilines is 2. The molecule has 0 spiro atoms. The number of carbonyl (C=O) groups excluding carboxylic acids is 1. The molecule has 20 nitrogen and oxygen atoms in total. The van der Waals surface area contributed by atoms with E-state index in [4.69, 9.17) is 5.73 Å². The number of nitrogens with zero attached hydrogens (tertiary/aromatic N) is 5. The Kier molecular flexibility index (Phi) is 10.8. The number of rotatable bonds is 10. The summed E-state index contributed by atoms with van der Waals surface area (Å²) in [5.74, 6) is -0.868. The largest absolute Gasteiger partial charge is 0.399 e. The molecule has 0 aromatic heterocycles. The molecule has 64 heavy (non-hydrogen) atoms. The summed E-state index contributed by atoms with van der Waals surface area (Å²) >= 11 is 0. The maximum atomic E-state index is 13.4. The first-order valence-corrected chi connectivity index (χ1v) is 23.7. The van der Waals surface area contributed by atoms with E-state index in [0.717, 1.165) is 36.4 Å². The fourth-order valence-electron chi connectivity index (χ4n) is 6.85. The number of ketones is 1. The van der Waals surface area contributed by atoms with Crippen LogP contribution in [-0.4, -0.2) is 63.4 Å². The minimum absolute atomic E-state index is 0.00386. The molecular formula is C40H27N7O13S4. The molecule has 0 heterocycles. The average molecular weight is 942 g/mol. The number of fused-ring (bicyclic) bond motifs is 4. The maximum Gasteiger partial charge on any atom is 0.296 e. The Morgan fingerprint density at radius 1 is 0.484 bits per heavy atom. The van der Waals surface area contributed by atoms with Crippen molar-refractivity contribution in [2.45, 2.75) is 14.7 Å². The number of Topliss-reactive ketones (excluding diaryl/α,β-unsaturated/α-hetero) is 1. The molecule has 0 unspecified atom stereocenters. The number of carbonyl (C=O) groups is 1. The molecule has 324 valence electrons. The van der Waals surface area contributed by atoms with Crippen LogP contribution in [0.4, 0.5) is 34.1 Å². The van der Waals surface area contributed by atoms with Gasteiger partial charge in [0.1, 0.15) is 9.80 Å². The van der Waals surface area contributed by atoms with Gasteiger partial charge in [-0.05, 0) is 90.5 Å². The summed E-state index contributed by atoms with van der Waals surface area (Å²) in [6.07, 6.45) is 1.03. The van der Waals surface area contributed by atoms with E-state index in [2.05, 4.69) is 31.0 Å². The van der Waals surface area contributed by atoms with Gasteiger partial charge >= 0.3 is 0 Å². The van der Waals surface area contributed by atoms with Gasteiger partial charge in [0.25, 0.3) is 40.5 Å². The van der Waals surface area contributed by atoms with E-state index in [-0.39, 0.29) is 77.1 Å². The molecule has 0 bridgehead atoms. The third kappa shape index (κ3) is 8.49. The molecule has 0 saturated carbocycles. The van der Waals surface area contributed by atoms with Crippen molar-refractivity contribution < 1.29 is 56.7 Å². The first-order valence-electron chi connectivity index (χ1n) is 18.0. The smallest absolute Gasteiger partial charge is 0.296 e. The van der Waals surface area contributed by atoms with Gasteiger partial charge < -0.3 is 5.73 Å². The topological polar surface area (TPSA) is 334 Å². The van der Waals surface area contributed by atoms with Crippen LogP contribution in [0.15, 0.2) is 160 Å². The monoisotopic (exact) mass is 941 g/mol.